The Hall–Kier alpha value is -3.20. The molecule has 0 unspecified atom stereocenters. The van der Waals surface area contributed by atoms with Crippen LogP contribution in [-0.4, -0.2) is 84.8 Å². The summed E-state index contributed by atoms with van der Waals surface area (Å²) in [7, 11) is -0.783. The van der Waals surface area contributed by atoms with Crippen LogP contribution in [0.15, 0.2) is 78.9 Å². The molecule has 0 bridgehead atoms. The van der Waals surface area contributed by atoms with Gasteiger partial charge in [-0.3, -0.25) is 5.01 Å². The fourth-order valence-electron chi connectivity index (χ4n) is 5.44. The first-order chi connectivity index (χ1) is 23.4. The average molecular weight is 708 g/mol. The Morgan fingerprint density at radius 3 is 1.96 bits per heavy atom. The van der Waals surface area contributed by atoms with Crippen molar-refractivity contribution in [2.75, 3.05) is 40.5 Å². The molecule has 1 heterocycles. The van der Waals surface area contributed by atoms with Gasteiger partial charge in [0.15, 0.2) is 18.3 Å². The van der Waals surface area contributed by atoms with Crippen LogP contribution in [0.2, 0.25) is 51.4 Å². The standard InChI is InChI=1S/C38H57N3O6Si2/c1-43-36-25-33(18-19-35(36)46-29-44-20-22-48(2,3)4)27-41-38(42)39-34(24-31-14-10-8-11-15-31)37(47-30-45-21-23-49(5,6)7)28-40(41)26-32-16-12-9-13-17-32/h8-19,25,34,37H,20-24,26-30H2,1-7H3,(H,39,42)/t34-,37-/m1/s1. The van der Waals surface area contributed by atoms with Crippen LogP contribution < -0.4 is 14.8 Å². The van der Waals surface area contributed by atoms with Gasteiger partial charge in [-0.05, 0) is 47.3 Å². The highest BCUT2D eigenvalue weighted by Gasteiger charge is 2.36. The minimum atomic E-state index is -1.23. The van der Waals surface area contributed by atoms with Crippen LogP contribution in [0.25, 0.3) is 0 Å². The van der Waals surface area contributed by atoms with Crippen LogP contribution in [0.3, 0.4) is 0 Å². The molecule has 0 spiro atoms. The van der Waals surface area contributed by atoms with Gasteiger partial charge in [0.1, 0.15) is 6.79 Å². The van der Waals surface area contributed by atoms with Crippen LogP contribution in [0, 0.1) is 0 Å². The topological polar surface area (TPSA) is 81.7 Å². The van der Waals surface area contributed by atoms with Gasteiger partial charge in [-0.1, -0.05) is 106 Å². The Morgan fingerprint density at radius 2 is 1.35 bits per heavy atom. The summed E-state index contributed by atoms with van der Waals surface area (Å²) >= 11 is 0. The smallest absolute Gasteiger partial charge is 0.332 e. The van der Waals surface area contributed by atoms with Crippen molar-refractivity contribution in [2.45, 2.75) is 83.0 Å². The van der Waals surface area contributed by atoms with Gasteiger partial charge in [0.2, 0.25) is 0 Å². The zero-order chi connectivity index (χ0) is 35.3. The molecule has 1 saturated heterocycles. The second kappa shape index (κ2) is 18.7. The van der Waals surface area contributed by atoms with Crippen molar-refractivity contribution >= 4 is 22.2 Å². The van der Waals surface area contributed by atoms with Gasteiger partial charge in [0.05, 0.1) is 25.8 Å². The normalized spacial score (nSPS) is 17.4. The third kappa shape index (κ3) is 13.6. The highest BCUT2D eigenvalue weighted by molar-refractivity contribution is 6.76. The van der Waals surface area contributed by atoms with Crippen molar-refractivity contribution < 1.29 is 28.5 Å². The van der Waals surface area contributed by atoms with E-state index in [0.717, 1.165) is 28.8 Å². The lowest BCUT2D eigenvalue weighted by Gasteiger charge is -2.34. The fraction of sp³-hybridized carbons (Fsp3) is 0.500. The Labute approximate surface area is 295 Å². The van der Waals surface area contributed by atoms with Crippen molar-refractivity contribution in [1.82, 2.24) is 15.3 Å². The number of rotatable bonds is 19. The highest BCUT2D eigenvalue weighted by Crippen LogP contribution is 2.30. The van der Waals surface area contributed by atoms with Crippen molar-refractivity contribution in [2.24, 2.45) is 0 Å². The summed E-state index contributed by atoms with van der Waals surface area (Å²) in [6.07, 6.45) is 0.329. The summed E-state index contributed by atoms with van der Waals surface area (Å²) in [6, 6.07) is 27.9. The highest BCUT2D eigenvalue weighted by atomic mass is 28.3. The maximum absolute atomic E-state index is 14.2. The Morgan fingerprint density at radius 1 is 0.735 bits per heavy atom. The molecule has 1 N–H and O–H groups in total. The lowest BCUT2D eigenvalue weighted by atomic mass is 10.0. The maximum Gasteiger partial charge on any atom is 0.332 e. The average Bonchev–Trinajstić information content (AvgIpc) is 3.16. The second-order valence-corrected chi connectivity index (χ2v) is 26.4. The molecule has 1 fully saturated rings. The van der Waals surface area contributed by atoms with E-state index in [1.807, 2.05) is 54.6 Å². The number of amides is 2. The van der Waals surface area contributed by atoms with Crippen LogP contribution in [0.5, 0.6) is 11.5 Å². The van der Waals surface area contributed by atoms with Gasteiger partial charge < -0.3 is 29.0 Å². The predicted molar refractivity (Wildman–Crippen MR) is 201 cm³/mol. The maximum atomic E-state index is 14.2. The Bertz CT molecular complexity index is 1420. The van der Waals surface area contributed by atoms with Crippen LogP contribution in [0.1, 0.15) is 16.7 Å². The second-order valence-electron chi connectivity index (χ2n) is 15.1. The first-order valence-electron chi connectivity index (χ1n) is 17.4. The molecular formula is C38H57N3O6Si2. The van der Waals surface area contributed by atoms with Crippen molar-refractivity contribution in [3.8, 4) is 11.5 Å². The molecule has 0 saturated carbocycles. The van der Waals surface area contributed by atoms with Gasteiger partial charge >= 0.3 is 6.03 Å². The molecule has 9 nitrogen and oxygen atoms in total. The largest absolute Gasteiger partial charge is 0.493 e. The number of ether oxygens (including phenoxy) is 5. The van der Waals surface area contributed by atoms with Gasteiger partial charge in [-0.2, -0.15) is 0 Å². The summed E-state index contributed by atoms with van der Waals surface area (Å²) in [5.41, 5.74) is 3.14. The van der Waals surface area contributed by atoms with Crippen molar-refractivity contribution in [1.29, 1.82) is 0 Å². The van der Waals surface area contributed by atoms with Crippen LogP contribution in [0.4, 0.5) is 4.79 Å². The number of hydrazine groups is 1. The molecule has 0 aliphatic carbocycles. The first-order valence-corrected chi connectivity index (χ1v) is 24.8. The van der Waals surface area contributed by atoms with E-state index < -0.39 is 16.1 Å². The molecule has 0 radical (unpaired) electrons. The van der Waals surface area contributed by atoms with Gasteiger partial charge in [-0.25, -0.2) is 9.80 Å². The molecule has 3 aromatic rings. The number of hydrogen-bond acceptors (Lipinski definition) is 7. The molecule has 1 aliphatic rings. The van der Waals surface area contributed by atoms with E-state index in [2.05, 4.69) is 73.9 Å². The summed E-state index contributed by atoms with van der Waals surface area (Å²) in [4.78, 5) is 14.2. The van der Waals surface area contributed by atoms with E-state index in [0.29, 0.717) is 50.8 Å². The van der Waals surface area contributed by atoms with E-state index in [9.17, 15) is 4.79 Å². The summed E-state index contributed by atoms with van der Waals surface area (Å²) in [5.74, 6) is 1.20. The number of carbonyl (C=O) groups excluding carboxylic acids is 1. The Kier molecular flexibility index (Phi) is 14.7. The van der Waals surface area contributed by atoms with E-state index in [1.165, 1.54) is 0 Å². The first kappa shape index (κ1) is 38.6. The fourth-order valence-corrected chi connectivity index (χ4v) is 6.95. The molecule has 268 valence electrons. The van der Waals surface area contributed by atoms with Crippen LogP contribution in [-0.2, 0) is 33.7 Å². The minimum Gasteiger partial charge on any atom is -0.493 e. The molecule has 1 aliphatic heterocycles. The van der Waals surface area contributed by atoms with E-state index in [-0.39, 0.29) is 31.8 Å². The molecule has 49 heavy (non-hydrogen) atoms. The molecule has 2 atom stereocenters. The SMILES string of the molecule is COc1cc(CN2C(=O)N[C@H](Cc3ccccc3)[C@H](OCOCC[Si](C)(C)C)CN2Cc2ccccc2)ccc1OCOCC[Si](C)(C)C. The number of urea groups is 1. The zero-order valence-electron chi connectivity index (χ0n) is 30.6. The number of methoxy groups -OCH3 is 1. The zero-order valence-corrected chi connectivity index (χ0v) is 32.6. The lowest BCUT2D eigenvalue weighted by molar-refractivity contribution is -0.114. The number of nitrogens with zero attached hydrogens (tertiary/aromatic N) is 2. The van der Waals surface area contributed by atoms with Gasteiger partial charge in [0, 0.05) is 42.5 Å². The molecular weight excluding hydrogens is 651 g/mol. The van der Waals surface area contributed by atoms with Gasteiger partial charge in [0.25, 0.3) is 0 Å². The van der Waals surface area contributed by atoms with E-state index >= 15 is 0 Å². The molecule has 11 heteroatoms. The minimum absolute atomic E-state index is 0.158. The summed E-state index contributed by atoms with van der Waals surface area (Å²) in [5, 5.41) is 7.20. The third-order valence-electron chi connectivity index (χ3n) is 8.45. The number of nitrogens with one attached hydrogen (secondary N) is 1. The quantitative estimate of drug-likeness (QED) is 0.0780. The monoisotopic (exact) mass is 707 g/mol. The Balaban J connectivity index is 1.54. The van der Waals surface area contributed by atoms with E-state index in [1.54, 1.807) is 12.1 Å². The molecule has 3 aromatic carbocycles. The van der Waals surface area contributed by atoms with Crippen molar-refractivity contribution in [3.63, 3.8) is 0 Å². The number of carbonyl (C=O) groups is 1. The third-order valence-corrected chi connectivity index (χ3v) is 11.9. The summed E-state index contributed by atoms with van der Waals surface area (Å²) in [6.45, 7) is 17.0. The predicted octanol–water partition coefficient (Wildman–Crippen LogP) is 7.64. The number of hydrogen-bond donors (Lipinski definition) is 1. The lowest BCUT2D eigenvalue weighted by Crippen LogP contribution is -2.48. The summed E-state index contributed by atoms with van der Waals surface area (Å²) < 4.78 is 29.8. The van der Waals surface area contributed by atoms with Gasteiger partial charge in [-0.15, -0.1) is 0 Å². The molecule has 4 rings (SSSR count). The van der Waals surface area contributed by atoms with Crippen LogP contribution >= 0.6 is 0 Å². The molecule has 0 aromatic heterocycles. The molecule has 2 amide bonds. The van der Waals surface area contributed by atoms with Crippen molar-refractivity contribution in [3.05, 3.63) is 95.6 Å². The number of benzene rings is 3. The van der Waals surface area contributed by atoms with E-state index in [4.69, 9.17) is 23.7 Å².